The maximum atomic E-state index is 13.1. The lowest BCUT2D eigenvalue weighted by atomic mass is 9.97. The molecule has 0 saturated carbocycles. The third-order valence-corrected chi connectivity index (χ3v) is 8.73. The second-order valence-corrected chi connectivity index (χ2v) is 12.1. The predicted molar refractivity (Wildman–Crippen MR) is 147 cm³/mol. The van der Waals surface area contributed by atoms with E-state index in [0.717, 1.165) is 56.7 Å². The number of aryl methyl sites for hydroxylation is 3. The Kier molecular flexibility index (Phi) is 10.2. The third kappa shape index (κ3) is 8.55. The molecule has 2 aromatic rings. The van der Waals surface area contributed by atoms with Crippen molar-refractivity contribution in [2.75, 3.05) is 42.3 Å². The molecule has 0 bridgehead atoms. The summed E-state index contributed by atoms with van der Waals surface area (Å²) in [5.74, 6) is -3.00. The fraction of sp³-hybridized carbons (Fsp3) is 0.519. The van der Waals surface area contributed by atoms with Crippen LogP contribution in [-0.4, -0.2) is 79.4 Å². The van der Waals surface area contributed by atoms with Crippen LogP contribution in [0.5, 0.6) is 0 Å². The quantitative estimate of drug-likeness (QED) is 0.420. The molecule has 10 nitrogen and oxygen atoms in total. The van der Waals surface area contributed by atoms with Crippen LogP contribution in [0.4, 0.5) is 24.7 Å². The van der Waals surface area contributed by atoms with Crippen molar-refractivity contribution in [3.05, 3.63) is 46.6 Å². The van der Waals surface area contributed by atoms with Crippen molar-refractivity contribution < 1.29 is 41.4 Å². The van der Waals surface area contributed by atoms with E-state index in [1.807, 2.05) is 24.8 Å². The van der Waals surface area contributed by atoms with Crippen LogP contribution in [0.2, 0.25) is 0 Å². The Hall–Kier alpha value is -3.39. The number of nitrogens with zero attached hydrogens (tertiary/aromatic N) is 3. The van der Waals surface area contributed by atoms with Crippen molar-refractivity contribution in [3.63, 3.8) is 0 Å². The Morgan fingerprint density at radius 2 is 1.61 bits per heavy atom. The number of anilines is 2. The van der Waals surface area contributed by atoms with Gasteiger partial charge in [0.2, 0.25) is 0 Å². The molecule has 0 amide bonds. The zero-order valence-corrected chi connectivity index (χ0v) is 24.0. The molecule has 1 aromatic carbocycles. The number of aliphatic carboxylic acids is 1. The summed E-state index contributed by atoms with van der Waals surface area (Å²) in [6, 6.07) is 4.85. The summed E-state index contributed by atoms with van der Waals surface area (Å²) in [5, 5.41) is 17.0. The molecule has 2 aliphatic heterocycles. The van der Waals surface area contributed by atoms with E-state index in [-0.39, 0.29) is 16.1 Å². The van der Waals surface area contributed by atoms with Gasteiger partial charge in [-0.15, -0.1) is 0 Å². The number of likely N-dealkylation sites (tertiary alicyclic amines) is 1. The van der Waals surface area contributed by atoms with Crippen LogP contribution in [0.25, 0.3) is 0 Å². The van der Waals surface area contributed by atoms with Crippen LogP contribution in [0.15, 0.2) is 29.3 Å². The Balaban J connectivity index is 0.000000587. The van der Waals surface area contributed by atoms with E-state index in [0.29, 0.717) is 17.3 Å². The molecular formula is C27H35F3N4O6S. The number of hydrogen-bond donors (Lipinski definition) is 3. The van der Waals surface area contributed by atoms with Crippen LogP contribution < -0.4 is 9.62 Å². The minimum absolute atomic E-state index is 0.0128. The smallest absolute Gasteiger partial charge is 0.478 e. The van der Waals surface area contributed by atoms with Crippen LogP contribution in [-0.2, 0) is 14.8 Å². The Bertz CT molecular complexity index is 1380. The number of carboxylic acid groups (broad SMARTS) is 2. The number of nitrogens with one attached hydrogen (secondary N) is 1. The minimum atomic E-state index is -5.08. The Morgan fingerprint density at radius 1 is 1.00 bits per heavy atom. The molecule has 41 heavy (non-hydrogen) atoms. The van der Waals surface area contributed by atoms with Crippen molar-refractivity contribution in [1.82, 2.24) is 9.88 Å². The van der Waals surface area contributed by atoms with Gasteiger partial charge >= 0.3 is 18.1 Å². The number of alkyl halides is 3. The van der Waals surface area contributed by atoms with E-state index in [1.54, 1.807) is 13.0 Å². The van der Waals surface area contributed by atoms with Gasteiger partial charge in [-0.05, 0) is 94.3 Å². The molecule has 2 aliphatic rings. The number of piperidine rings is 1. The van der Waals surface area contributed by atoms with Crippen molar-refractivity contribution >= 4 is 33.5 Å². The van der Waals surface area contributed by atoms with Gasteiger partial charge in [-0.3, -0.25) is 4.72 Å². The van der Waals surface area contributed by atoms with Crippen molar-refractivity contribution in [1.29, 1.82) is 0 Å². The molecule has 14 heteroatoms. The first-order chi connectivity index (χ1) is 19.1. The highest BCUT2D eigenvalue weighted by Crippen LogP contribution is 2.29. The number of carbonyl (C=O) groups is 2. The number of halogens is 3. The number of pyridine rings is 1. The Morgan fingerprint density at radius 3 is 2.20 bits per heavy atom. The van der Waals surface area contributed by atoms with E-state index in [4.69, 9.17) is 9.90 Å². The predicted octanol–water partition coefficient (Wildman–Crippen LogP) is 4.45. The SMILES string of the molecule is Cc1cc(C)c(S(=O)(=O)Nc2cnc(N3CCCC(CN4CCCC4)C3)c(C(=O)O)c2)cc1C.O=C(O)C(F)(F)F. The van der Waals surface area contributed by atoms with Gasteiger partial charge in [-0.1, -0.05) is 6.07 Å². The van der Waals surface area contributed by atoms with E-state index >= 15 is 0 Å². The van der Waals surface area contributed by atoms with Crippen LogP contribution >= 0.6 is 0 Å². The van der Waals surface area contributed by atoms with Gasteiger partial charge in [0.1, 0.15) is 11.4 Å². The van der Waals surface area contributed by atoms with Gasteiger partial charge < -0.3 is 20.0 Å². The molecule has 0 spiro atoms. The number of carboxylic acids is 2. The highest BCUT2D eigenvalue weighted by Gasteiger charge is 2.38. The zero-order valence-electron chi connectivity index (χ0n) is 23.2. The molecule has 2 fully saturated rings. The lowest BCUT2D eigenvalue weighted by molar-refractivity contribution is -0.192. The zero-order chi connectivity index (χ0) is 30.5. The summed E-state index contributed by atoms with van der Waals surface area (Å²) in [7, 11) is -3.89. The molecule has 4 rings (SSSR count). The van der Waals surface area contributed by atoms with Gasteiger partial charge in [0.05, 0.1) is 16.8 Å². The fourth-order valence-electron chi connectivity index (χ4n) is 5.09. The molecule has 2 saturated heterocycles. The first-order valence-electron chi connectivity index (χ1n) is 13.2. The van der Waals surface area contributed by atoms with Gasteiger partial charge in [-0.2, -0.15) is 13.2 Å². The number of aromatic carboxylic acids is 1. The summed E-state index contributed by atoms with van der Waals surface area (Å²) < 4.78 is 60.4. The normalized spacial score (nSPS) is 18.0. The van der Waals surface area contributed by atoms with Crippen LogP contribution in [0.1, 0.15) is 52.7 Å². The second-order valence-electron chi connectivity index (χ2n) is 10.5. The average molecular weight is 601 g/mol. The summed E-state index contributed by atoms with van der Waals surface area (Å²) in [6.45, 7) is 10.4. The first kappa shape index (κ1) is 32.1. The summed E-state index contributed by atoms with van der Waals surface area (Å²) in [5.41, 5.74) is 2.68. The topological polar surface area (TPSA) is 140 Å². The second kappa shape index (κ2) is 13.1. The first-order valence-corrected chi connectivity index (χ1v) is 14.7. The molecular weight excluding hydrogens is 565 g/mol. The maximum Gasteiger partial charge on any atom is 0.490 e. The molecule has 0 radical (unpaired) electrons. The molecule has 1 aromatic heterocycles. The van der Waals surface area contributed by atoms with Gasteiger partial charge in [-0.25, -0.2) is 23.0 Å². The highest BCUT2D eigenvalue weighted by atomic mass is 32.2. The molecule has 1 unspecified atom stereocenters. The largest absolute Gasteiger partial charge is 0.490 e. The summed E-state index contributed by atoms with van der Waals surface area (Å²) in [4.78, 5) is 30.1. The van der Waals surface area contributed by atoms with E-state index in [2.05, 4.69) is 14.6 Å². The molecule has 1 atom stereocenters. The number of aromatic nitrogens is 1. The highest BCUT2D eigenvalue weighted by molar-refractivity contribution is 7.92. The van der Waals surface area contributed by atoms with Gasteiger partial charge in [0.15, 0.2) is 0 Å². The number of rotatable bonds is 7. The maximum absolute atomic E-state index is 13.1. The lowest BCUT2D eigenvalue weighted by Crippen LogP contribution is -2.41. The van der Waals surface area contributed by atoms with Crippen LogP contribution in [0, 0.1) is 26.7 Å². The molecule has 0 aliphatic carbocycles. The van der Waals surface area contributed by atoms with E-state index in [1.165, 1.54) is 25.1 Å². The molecule has 226 valence electrons. The Labute approximate surface area is 237 Å². The number of sulfonamides is 1. The van der Waals surface area contributed by atoms with Gasteiger partial charge in [0.25, 0.3) is 10.0 Å². The minimum Gasteiger partial charge on any atom is -0.478 e. The summed E-state index contributed by atoms with van der Waals surface area (Å²) in [6.07, 6.45) is 0.947. The van der Waals surface area contributed by atoms with E-state index < -0.39 is 28.1 Å². The number of benzene rings is 1. The monoisotopic (exact) mass is 600 g/mol. The van der Waals surface area contributed by atoms with Gasteiger partial charge in [0, 0.05) is 19.6 Å². The van der Waals surface area contributed by atoms with Crippen molar-refractivity contribution in [3.8, 4) is 0 Å². The van der Waals surface area contributed by atoms with Crippen LogP contribution in [0.3, 0.4) is 0 Å². The fourth-order valence-corrected chi connectivity index (χ4v) is 6.44. The van der Waals surface area contributed by atoms with Crippen molar-refractivity contribution in [2.45, 2.75) is 57.5 Å². The number of hydrogen-bond acceptors (Lipinski definition) is 7. The summed E-state index contributed by atoms with van der Waals surface area (Å²) >= 11 is 0. The standard InChI is InChI=1S/C25H34N4O4S.C2HF3O2/c1-17-11-19(3)23(12-18(17)2)34(32,33)27-21-13-22(25(30)31)24(26-14-21)29-10-6-7-20(16-29)15-28-8-4-5-9-28;3-2(4,5)1(6)7/h11-14,20,27H,4-10,15-16H2,1-3H3,(H,30,31);(H,6,7). The molecule has 3 N–H and O–H groups in total. The average Bonchev–Trinajstić information content (AvgIpc) is 3.39. The van der Waals surface area contributed by atoms with E-state index in [9.17, 15) is 31.5 Å². The molecule has 3 heterocycles. The third-order valence-electron chi connectivity index (χ3n) is 7.21. The van der Waals surface area contributed by atoms with Crippen molar-refractivity contribution in [2.24, 2.45) is 5.92 Å². The lowest BCUT2D eigenvalue weighted by Gasteiger charge is -2.36.